The highest BCUT2D eigenvalue weighted by Gasteiger charge is 2.36. The van der Waals surface area contributed by atoms with Crippen LogP contribution in [0.3, 0.4) is 0 Å². The molecule has 146 valence electrons. The third kappa shape index (κ3) is 3.50. The second-order valence-electron chi connectivity index (χ2n) is 7.17. The van der Waals surface area contributed by atoms with Crippen LogP contribution in [0.2, 0.25) is 0 Å². The van der Waals surface area contributed by atoms with Gasteiger partial charge in [0, 0.05) is 24.4 Å². The van der Waals surface area contributed by atoms with E-state index >= 15 is 0 Å². The van der Waals surface area contributed by atoms with Gasteiger partial charge < -0.3 is 15.2 Å². The van der Waals surface area contributed by atoms with Crippen molar-refractivity contribution in [3.05, 3.63) is 54.0 Å². The molecule has 1 saturated carbocycles. The van der Waals surface area contributed by atoms with E-state index in [9.17, 15) is 9.90 Å². The van der Waals surface area contributed by atoms with Gasteiger partial charge in [0.25, 0.3) is 5.91 Å². The zero-order valence-corrected chi connectivity index (χ0v) is 15.8. The van der Waals surface area contributed by atoms with Crippen molar-refractivity contribution in [3.8, 4) is 17.0 Å². The smallest absolute Gasteiger partial charge is 0.255 e. The molecular weight excluding hydrogens is 358 g/mol. The van der Waals surface area contributed by atoms with Gasteiger partial charge in [0.2, 0.25) is 0 Å². The van der Waals surface area contributed by atoms with Crippen molar-refractivity contribution in [1.29, 1.82) is 0 Å². The number of hydrogen-bond donors (Lipinski definition) is 3. The number of amides is 1. The topological polar surface area (TPSA) is 105 Å². The number of aliphatic hydroxyl groups is 1. The van der Waals surface area contributed by atoms with Gasteiger partial charge in [0.15, 0.2) is 0 Å². The van der Waals surface area contributed by atoms with Crippen molar-refractivity contribution in [2.45, 2.75) is 25.0 Å². The summed E-state index contributed by atoms with van der Waals surface area (Å²) in [5.74, 6) is 0.660. The molecule has 4 rings (SSSR count). The van der Waals surface area contributed by atoms with E-state index in [1.54, 1.807) is 18.0 Å². The number of nitrogens with zero attached hydrogens (tertiary/aromatic N) is 3. The number of benzene rings is 1. The number of methoxy groups -OCH3 is 1. The Morgan fingerprint density at radius 1 is 1.39 bits per heavy atom. The highest BCUT2D eigenvalue weighted by atomic mass is 16.5. The van der Waals surface area contributed by atoms with Crippen LogP contribution in [0.4, 0.5) is 0 Å². The van der Waals surface area contributed by atoms with E-state index in [2.05, 4.69) is 20.6 Å². The maximum atomic E-state index is 13.1. The minimum absolute atomic E-state index is 0.176. The van der Waals surface area contributed by atoms with E-state index in [1.165, 1.54) is 6.20 Å². The van der Waals surface area contributed by atoms with Crippen LogP contribution in [0.25, 0.3) is 11.3 Å². The van der Waals surface area contributed by atoms with Gasteiger partial charge in [-0.1, -0.05) is 12.1 Å². The quantitative estimate of drug-likeness (QED) is 0.606. The largest absolute Gasteiger partial charge is 0.497 e. The summed E-state index contributed by atoms with van der Waals surface area (Å²) in [4.78, 5) is 13.1. The summed E-state index contributed by atoms with van der Waals surface area (Å²) in [6, 6.07) is 7.25. The van der Waals surface area contributed by atoms with Crippen LogP contribution in [0.1, 0.15) is 34.8 Å². The van der Waals surface area contributed by atoms with Gasteiger partial charge >= 0.3 is 0 Å². The molecule has 8 nitrogen and oxygen atoms in total. The first-order valence-corrected chi connectivity index (χ1v) is 9.20. The molecule has 2 aromatic heterocycles. The Hall–Kier alpha value is -3.13. The summed E-state index contributed by atoms with van der Waals surface area (Å²) in [5.41, 5.74) is 2.84. The lowest BCUT2D eigenvalue weighted by Crippen LogP contribution is -2.41. The highest BCUT2D eigenvalue weighted by Crippen LogP contribution is 2.38. The van der Waals surface area contributed by atoms with Gasteiger partial charge in [-0.05, 0) is 30.9 Å². The Morgan fingerprint density at radius 2 is 2.21 bits per heavy atom. The molecule has 2 heterocycles. The molecule has 3 aromatic rings. The van der Waals surface area contributed by atoms with Crippen molar-refractivity contribution < 1.29 is 14.6 Å². The van der Waals surface area contributed by atoms with Crippen molar-refractivity contribution in [2.24, 2.45) is 13.0 Å². The number of aryl methyl sites for hydroxylation is 1. The first-order valence-electron chi connectivity index (χ1n) is 9.20. The first-order chi connectivity index (χ1) is 13.5. The van der Waals surface area contributed by atoms with E-state index in [1.807, 2.05) is 37.5 Å². The number of ether oxygens (including phenoxy) is 1. The minimum Gasteiger partial charge on any atom is -0.497 e. The standard InChI is InChI=1S/C20H23N5O3/c1-25-11-14(9-22-25)18(13-6-15(26)7-13)23-20(27)17-10-21-24-19(17)12-4-3-5-16(8-12)28-2/h3-5,8-11,13,15,18,26H,6-7H2,1-2H3,(H,21,24)(H,23,27). The Labute approximate surface area is 162 Å². The van der Waals surface area contributed by atoms with Crippen LogP contribution < -0.4 is 10.1 Å². The molecule has 1 atom stereocenters. The average Bonchev–Trinajstić information content (AvgIpc) is 3.33. The van der Waals surface area contributed by atoms with E-state index in [0.29, 0.717) is 29.8 Å². The second-order valence-corrected chi connectivity index (χ2v) is 7.17. The molecule has 1 amide bonds. The summed E-state index contributed by atoms with van der Waals surface area (Å²) in [7, 11) is 3.44. The van der Waals surface area contributed by atoms with Crippen molar-refractivity contribution in [1.82, 2.24) is 25.3 Å². The second kappa shape index (κ2) is 7.47. The molecule has 1 aliphatic rings. The maximum Gasteiger partial charge on any atom is 0.255 e. The molecule has 8 heteroatoms. The predicted molar refractivity (Wildman–Crippen MR) is 103 cm³/mol. The van der Waals surface area contributed by atoms with Gasteiger partial charge in [-0.15, -0.1) is 0 Å². The molecule has 0 radical (unpaired) electrons. The number of carbonyl (C=O) groups excluding carboxylic acids is 1. The number of H-pyrrole nitrogens is 1. The molecule has 0 aliphatic heterocycles. The molecule has 1 unspecified atom stereocenters. The van der Waals surface area contributed by atoms with E-state index in [4.69, 9.17) is 4.74 Å². The summed E-state index contributed by atoms with van der Waals surface area (Å²) in [5, 5.41) is 24.0. The molecule has 1 aromatic carbocycles. The first kappa shape index (κ1) is 18.2. The van der Waals surface area contributed by atoms with Gasteiger partial charge in [0.1, 0.15) is 5.75 Å². The number of nitrogens with one attached hydrogen (secondary N) is 2. The molecule has 1 fully saturated rings. The Balaban J connectivity index is 1.59. The van der Waals surface area contributed by atoms with Crippen LogP contribution in [0.15, 0.2) is 42.9 Å². The van der Waals surface area contributed by atoms with Crippen LogP contribution in [0, 0.1) is 5.92 Å². The summed E-state index contributed by atoms with van der Waals surface area (Å²) in [6.07, 6.45) is 6.20. The zero-order chi connectivity index (χ0) is 19.7. The molecule has 1 aliphatic carbocycles. The van der Waals surface area contributed by atoms with Gasteiger partial charge in [-0.25, -0.2) is 0 Å². The van der Waals surface area contributed by atoms with E-state index < -0.39 is 0 Å². The number of aromatic nitrogens is 4. The molecule has 28 heavy (non-hydrogen) atoms. The van der Waals surface area contributed by atoms with Gasteiger partial charge in [0.05, 0.1) is 42.9 Å². The third-order valence-electron chi connectivity index (χ3n) is 5.23. The molecule has 0 saturated heterocycles. The SMILES string of the molecule is COc1cccc(-c2[nH]ncc2C(=O)NC(c2cnn(C)c2)C2CC(O)C2)c1. The van der Waals surface area contributed by atoms with E-state index in [0.717, 1.165) is 11.1 Å². The van der Waals surface area contributed by atoms with Gasteiger partial charge in [-0.2, -0.15) is 10.2 Å². The Morgan fingerprint density at radius 3 is 2.89 bits per heavy atom. The number of aromatic amines is 1. The average molecular weight is 381 g/mol. The lowest BCUT2D eigenvalue weighted by molar-refractivity contribution is 0.0235. The predicted octanol–water partition coefficient (Wildman–Crippen LogP) is 2.06. The molecule has 3 N–H and O–H groups in total. The summed E-state index contributed by atoms with van der Waals surface area (Å²) in [6.45, 7) is 0. The maximum absolute atomic E-state index is 13.1. The van der Waals surface area contributed by atoms with Crippen LogP contribution >= 0.6 is 0 Å². The zero-order valence-electron chi connectivity index (χ0n) is 15.8. The fourth-order valence-corrected chi connectivity index (χ4v) is 3.65. The molecule has 0 spiro atoms. The Bertz CT molecular complexity index is 974. The minimum atomic E-state index is -0.303. The fourth-order valence-electron chi connectivity index (χ4n) is 3.65. The highest BCUT2D eigenvalue weighted by molar-refractivity contribution is 6.00. The third-order valence-corrected chi connectivity index (χ3v) is 5.23. The summed E-state index contributed by atoms with van der Waals surface area (Å²) >= 11 is 0. The lowest BCUT2D eigenvalue weighted by atomic mass is 9.75. The normalized spacial score (nSPS) is 19.7. The fraction of sp³-hybridized carbons (Fsp3) is 0.350. The van der Waals surface area contributed by atoms with Crippen molar-refractivity contribution in [3.63, 3.8) is 0 Å². The number of hydrogen-bond acceptors (Lipinski definition) is 5. The number of rotatable bonds is 6. The monoisotopic (exact) mass is 381 g/mol. The number of carbonyl (C=O) groups is 1. The van der Waals surface area contributed by atoms with Crippen LogP contribution in [-0.4, -0.2) is 44.2 Å². The van der Waals surface area contributed by atoms with Gasteiger partial charge in [-0.3, -0.25) is 14.6 Å². The van der Waals surface area contributed by atoms with Crippen molar-refractivity contribution >= 4 is 5.91 Å². The van der Waals surface area contributed by atoms with Crippen molar-refractivity contribution in [2.75, 3.05) is 7.11 Å². The van der Waals surface area contributed by atoms with E-state index in [-0.39, 0.29) is 24.0 Å². The lowest BCUT2D eigenvalue weighted by Gasteiger charge is -2.37. The number of aliphatic hydroxyl groups excluding tert-OH is 1. The summed E-state index contributed by atoms with van der Waals surface area (Å²) < 4.78 is 6.99. The molecule has 0 bridgehead atoms. The van der Waals surface area contributed by atoms with Crippen LogP contribution in [0.5, 0.6) is 5.75 Å². The Kier molecular flexibility index (Phi) is 4.87. The molecular formula is C20H23N5O3. The van der Waals surface area contributed by atoms with Crippen LogP contribution in [-0.2, 0) is 7.05 Å².